The molecule has 1 saturated heterocycles. The van der Waals surface area contributed by atoms with Gasteiger partial charge < -0.3 is 9.47 Å². The molecule has 2 amide bonds. The summed E-state index contributed by atoms with van der Waals surface area (Å²) < 4.78 is 43.4. The Hall–Kier alpha value is -2.24. The molecule has 1 aromatic carbocycles. The van der Waals surface area contributed by atoms with Gasteiger partial charge in [-0.2, -0.15) is 0 Å². The van der Waals surface area contributed by atoms with Crippen molar-refractivity contribution in [3.05, 3.63) is 35.9 Å². The van der Waals surface area contributed by atoms with Crippen LogP contribution in [0.3, 0.4) is 0 Å². The van der Waals surface area contributed by atoms with E-state index in [2.05, 4.69) is 0 Å². The fraction of sp³-hybridized carbons (Fsp3) is 0.556. The minimum atomic E-state index is -2.32. The van der Waals surface area contributed by atoms with E-state index in [0.717, 1.165) is 0 Å². The topological polar surface area (TPSA) is 59.1 Å². The fourth-order valence-electron chi connectivity index (χ4n) is 1.98. The number of carbonyl (C=O) groups excluding carboxylic acids is 2. The van der Waals surface area contributed by atoms with Gasteiger partial charge in [0.2, 0.25) is 0 Å². The average molecular weight is 338 g/mol. The number of hydrogen-bond acceptors (Lipinski definition) is 4. The summed E-state index contributed by atoms with van der Waals surface area (Å²) in [6.07, 6.45) is -2.46. The highest BCUT2D eigenvalue weighted by atomic mass is 16.6. The normalized spacial score (nSPS) is 22.3. The molecule has 0 unspecified atom stereocenters. The number of hydrogen-bond donors (Lipinski definition) is 0. The Balaban J connectivity index is 2.34. The van der Waals surface area contributed by atoms with Crippen molar-refractivity contribution in [1.82, 2.24) is 10.0 Å². The van der Waals surface area contributed by atoms with E-state index in [1.165, 1.54) is 0 Å². The SMILES string of the molecule is [2H]C1([2H])CCCC([2H])([2H])N(C(=O)OC(C)(C)C)N1C(=O)OCc1ccccc1. The van der Waals surface area contributed by atoms with Crippen LogP contribution in [-0.2, 0) is 16.1 Å². The minimum absolute atomic E-state index is 0.141. The van der Waals surface area contributed by atoms with E-state index >= 15 is 0 Å². The summed E-state index contributed by atoms with van der Waals surface area (Å²) in [5, 5.41) is 0.829. The van der Waals surface area contributed by atoms with Crippen molar-refractivity contribution in [2.24, 2.45) is 0 Å². The van der Waals surface area contributed by atoms with Gasteiger partial charge in [-0.1, -0.05) is 30.3 Å². The second-order valence-electron chi connectivity index (χ2n) is 6.31. The third-order valence-corrected chi connectivity index (χ3v) is 3.02. The molecule has 0 aliphatic carbocycles. The summed E-state index contributed by atoms with van der Waals surface area (Å²) in [5.74, 6) is 0. The zero-order valence-electron chi connectivity index (χ0n) is 18.2. The Bertz CT molecular complexity index is 707. The van der Waals surface area contributed by atoms with E-state index in [0.29, 0.717) is 15.6 Å². The highest BCUT2D eigenvalue weighted by Gasteiger charge is 2.32. The summed E-state index contributed by atoms with van der Waals surface area (Å²) in [7, 11) is 0. The molecule has 132 valence electrons. The molecule has 1 aliphatic rings. The van der Waals surface area contributed by atoms with Crippen molar-refractivity contribution in [2.45, 2.75) is 52.2 Å². The predicted octanol–water partition coefficient (Wildman–Crippen LogP) is 3.96. The lowest BCUT2D eigenvalue weighted by atomic mass is 10.2. The average Bonchev–Trinajstić information content (AvgIpc) is 2.65. The second kappa shape index (κ2) is 8.04. The first kappa shape index (κ1) is 13.1. The monoisotopic (exact) mass is 338 g/mol. The molecule has 0 N–H and O–H groups in total. The first-order valence-electron chi connectivity index (χ1n) is 9.88. The largest absolute Gasteiger partial charge is 0.443 e. The Labute approximate surface area is 148 Å². The molecule has 0 atom stereocenters. The third-order valence-electron chi connectivity index (χ3n) is 3.02. The lowest BCUT2D eigenvalue weighted by molar-refractivity contribution is -0.0440. The van der Waals surface area contributed by atoms with Gasteiger partial charge in [0.15, 0.2) is 0 Å². The maximum Gasteiger partial charge on any atom is 0.429 e. The summed E-state index contributed by atoms with van der Waals surface area (Å²) >= 11 is 0. The van der Waals surface area contributed by atoms with Gasteiger partial charge in [0.1, 0.15) is 12.2 Å². The quantitative estimate of drug-likeness (QED) is 0.819. The van der Waals surface area contributed by atoms with Crippen molar-refractivity contribution in [1.29, 1.82) is 0 Å². The van der Waals surface area contributed by atoms with Crippen LogP contribution < -0.4 is 0 Å². The molecule has 1 aromatic rings. The van der Waals surface area contributed by atoms with Gasteiger partial charge in [0.25, 0.3) is 0 Å². The molecule has 6 nitrogen and oxygen atoms in total. The molecule has 2 rings (SSSR count). The van der Waals surface area contributed by atoms with E-state index in [-0.39, 0.29) is 25.9 Å². The Morgan fingerprint density at radius 3 is 2.21 bits per heavy atom. The summed E-state index contributed by atoms with van der Waals surface area (Å²) in [6.45, 7) is 0.0187. The standard InChI is InChI=1S/C18H26N2O4/c1-18(2,3)24-17(22)20-13-9-5-8-12-19(20)16(21)23-14-15-10-6-4-7-11-15/h4,6-7,10-11H,5,8-9,12-14H2,1-3H3/i12D2,13D2. The molecule has 6 heteroatoms. The molecular weight excluding hydrogens is 308 g/mol. The lowest BCUT2D eigenvalue weighted by Gasteiger charge is -2.33. The molecule has 1 heterocycles. The van der Waals surface area contributed by atoms with E-state index < -0.39 is 30.8 Å². The fourth-order valence-corrected chi connectivity index (χ4v) is 1.98. The molecule has 1 aliphatic heterocycles. The Kier molecular flexibility index (Phi) is 4.39. The number of nitrogens with zero attached hydrogens (tertiary/aromatic N) is 2. The first-order chi connectivity index (χ1) is 12.8. The van der Waals surface area contributed by atoms with Gasteiger partial charge in [-0.3, -0.25) is 0 Å². The number of hydrazine groups is 1. The van der Waals surface area contributed by atoms with Crippen LogP contribution in [0.2, 0.25) is 0 Å². The molecule has 0 saturated carbocycles. The van der Waals surface area contributed by atoms with Crippen molar-refractivity contribution < 1.29 is 24.5 Å². The van der Waals surface area contributed by atoms with Crippen LogP contribution in [-0.4, -0.2) is 40.8 Å². The van der Waals surface area contributed by atoms with Crippen molar-refractivity contribution >= 4 is 12.2 Å². The maximum absolute atomic E-state index is 12.8. The van der Waals surface area contributed by atoms with Gasteiger partial charge in [-0.05, 0) is 45.6 Å². The van der Waals surface area contributed by atoms with Crippen LogP contribution in [0.4, 0.5) is 9.59 Å². The molecule has 1 fully saturated rings. The van der Waals surface area contributed by atoms with E-state index in [4.69, 9.17) is 15.0 Å². The molecular formula is C18H26N2O4. The molecule has 0 aromatic heterocycles. The Morgan fingerprint density at radius 2 is 1.62 bits per heavy atom. The van der Waals surface area contributed by atoms with Crippen LogP contribution in [0, 0.1) is 0 Å². The summed E-state index contributed by atoms with van der Waals surface area (Å²) in [6, 6.07) is 8.79. The predicted molar refractivity (Wildman–Crippen MR) is 90.1 cm³/mol. The van der Waals surface area contributed by atoms with Gasteiger partial charge in [0, 0.05) is 13.0 Å². The lowest BCUT2D eigenvalue weighted by Crippen LogP contribution is -2.51. The molecule has 0 spiro atoms. The number of ether oxygens (including phenoxy) is 2. The highest BCUT2D eigenvalue weighted by molar-refractivity contribution is 5.74. The van der Waals surface area contributed by atoms with Gasteiger partial charge in [-0.15, -0.1) is 0 Å². The number of benzene rings is 1. The van der Waals surface area contributed by atoms with Gasteiger partial charge >= 0.3 is 12.2 Å². The molecule has 24 heavy (non-hydrogen) atoms. The number of carbonyl (C=O) groups is 2. The van der Waals surface area contributed by atoms with Crippen LogP contribution in [0.15, 0.2) is 30.3 Å². The zero-order chi connectivity index (χ0) is 21.2. The van der Waals surface area contributed by atoms with Gasteiger partial charge in [0.05, 0.1) is 5.48 Å². The van der Waals surface area contributed by atoms with Crippen LogP contribution >= 0.6 is 0 Å². The van der Waals surface area contributed by atoms with Crippen LogP contribution in [0.5, 0.6) is 0 Å². The zero-order valence-corrected chi connectivity index (χ0v) is 14.2. The number of amides is 2. The minimum Gasteiger partial charge on any atom is -0.443 e. The molecule has 0 bridgehead atoms. The van der Waals surface area contributed by atoms with Crippen molar-refractivity contribution in [2.75, 3.05) is 13.0 Å². The third kappa shape index (κ3) is 5.44. The second-order valence-corrected chi connectivity index (χ2v) is 6.31. The van der Waals surface area contributed by atoms with Crippen molar-refractivity contribution in [3.63, 3.8) is 0 Å². The smallest absolute Gasteiger partial charge is 0.429 e. The van der Waals surface area contributed by atoms with Gasteiger partial charge in [-0.25, -0.2) is 19.6 Å². The number of rotatable bonds is 2. The highest BCUT2D eigenvalue weighted by Crippen LogP contribution is 2.17. The van der Waals surface area contributed by atoms with Crippen molar-refractivity contribution in [3.8, 4) is 0 Å². The van der Waals surface area contributed by atoms with E-state index in [1.54, 1.807) is 51.1 Å². The van der Waals surface area contributed by atoms with E-state index in [1.807, 2.05) is 0 Å². The first-order valence-corrected chi connectivity index (χ1v) is 7.88. The van der Waals surface area contributed by atoms with Crippen LogP contribution in [0.25, 0.3) is 0 Å². The van der Waals surface area contributed by atoms with E-state index in [9.17, 15) is 9.59 Å². The Morgan fingerprint density at radius 1 is 1.04 bits per heavy atom. The molecule has 0 radical (unpaired) electrons. The summed E-state index contributed by atoms with van der Waals surface area (Å²) in [5.41, 5.74) is -0.274. The van der Waals surface area contributed by atoms with Crippen LogP contribution in [0.1, 0.15) is 51.1 Å². The summed E-state index contributed by atoms with van der Waals surface area (Å²) in [4.78, 5) is 25.5. The maximum atomic E-state index is 12.8.